The second-order valence-corrected chi connectivity index (χ2v) is 5.95. The highest BCUT2D eigenvalue weighted by Gasteiger charge is 2.30. The lowest BCUT2D eigenvalue weighted by Crippen LogP contribution is -2.34. The summed E-state index contributed by atoms with van der Waals surface area (Å²) in [5, 5.41) is 13.1. The van der Waals surface area contributed by atoms with E-state index in [0.717, 1.165) is 32.4 Å². The summed E-state index contributed by atoms with van der Waals surface area (Å²) in [4.78, 5) is 18.1. The molecule has 0 bridgehead atoms. The molecule has 3 heterocycles. The standard InChI is InChI=1S/C12H17N5O2S/c13-4-1-9-2-5-15(6-3-9)10-11(17(18)19)16-7-8-20-12(16)14-10/h7-9H,1-6,13H2. The summed E-state index contributed by atoms with van der Waals surface area (Å²) in [7, 11) is 0. The highest BCUT2D eigenvalue weighted by atomic mass is 32.1. The van der Waals surface area contributed by atoms with Gasteiger partial charge in [-0.2, -0.15) is 9.38 Å². The largest absolute Gasteiger partial charge is 0.373 e. The number of nitrogens with zero attached hydrogens (tertiary/aromatic N) is 4. The number of nitro groups is 1. The van der Waals surface area contributed by atoms with Crippen LogP contribution in [0.1, 0.15) is 19.3 Å². The SMILES string of the molecule is NCCC1CCN(c2nc3sccn3c2[N+](=O)[O-])CC1. The first-order chi connectivity index (χ1) is 9.70. The Kier molecular flexibility index (Phi) is 3.58. The highest BCUT2D eigenvalue weighted by molar-refractivity contribution is 7.15. The van der Waals surface area contributed by atoms with Crippen LogP contribution < -0.4 is 10.6 Å². The lowest BCUT2D eigenvalue weighted by molar-refractivity contribution is -0.389. The molecule has 1 aliphatic rings. The van der Waals surface area contributed by atoms with Gasteiger partial charge in [-0.1, -0.05) is 11.3 Å². The average molecular weight is 295 g/mol. The minimum absolute atomic E-state index is 0.0820. The lowest BCUT2D eigenvalue weighted by atomic mass is 9.94. The summed E-state index contributed by atoms with van der Waals surface area (Å²) in [6.07, 6.45) is 4.79. The molecular formula is C12H17N5O2S. The number of anilines is 1. The van der Waals surface area contributed by atoms with Crippen LogP contribution in [-0.4, -0.2) is 33.9 Å². The monoisotopic (exact) mass is 295 g/mol. The third-order valence-electron chi connectivity index (χ3n) is 3.88. The second-order valence-electron chi connectivity index (χ2n) is 5.08. The molecule has 3 rings (SSSR count). The van der Waals surface area contributed by atoms with E-state index in [4.69, 9.17) is 5.73 Å². The molecule has 0 aliphatic carbocycles. The van der Waals surface area contributed by atoms with Gasteiger partial charge < -0.3 is 20.7 Å². The molecule has 1 fully saturated rings. The van der Waals surface area contributed by atoms with Gasteiger partial charge in [0.05, 0.1) is 0 Å². The van der Waals surface area contributed by atoms with Crippen LogP contribution >= 0.6 is 11.3 Å². The van der Waals surface area contributed by atoms with Gasteiger partial charge in [-0.15, -0.1) is 0 Å². The zero-order valence-corrected chi connectivity index (χ0v) is 11.9. The predicted octanol–water partition coefficient (Wildman–Crippen LogP) is 1.87. The first-order valence-electron chi connectivity index (χ1n) is 6.75. The Bertz CT molecular complexity index is 614. The molecule has 0 unspecified atom stereocenters. The van der Waals surface area contributed by atoms with Gasteiger partial charge in [0, 0.05) is 18.5 Å². The molecule has 1 saturated heterocycles. The molecule has 2 aromatic heterocycles. The van der Waals surface area contributed by atoms with Crippen LogP contribution in [-0.2, 0) is 0 Å². The summed E-state index contributed by atoms with van der Waals surface area (Å²) >= 11 is 1.42. The summed E-state index contributed by atoms with van der Waals surface area (Å²) in [5.74, 6) is 1.23. The van der Waals surface area contributed by atoms with Gasteiger partial charge in [0.15, 0.2) is 0 Å². The van der Waals surface area contributed by atoms with Crippen molar-refractivity contribution in [1.82, 2.24) is 9.38 Å². The van der Waals surface area contributed by atoms with Crippen molar-refractivity contribution in [3.63, 3.8) is 0 Å². The van der Waals surface area contributed by atoms with E-state index in [1.165, 1.54) is 11.3 Å². The van der Waals surface area contributed by atoms with Crippen molar-refractivity contribution in [1.29, 1.82) is 0 Å². The van der Waals surface area contributed by atoms with Gasteiger partial charge in [-0.25, -0.2) is 0 Å². The van der Waals surface area contributed by atoms with E-state index < -0.39 is 0 Å². The second kappa shape index (κ2) is 5.37. The summed E-state index contributed by atoms with van der Waals surface area (Å²) in [6.45, 7) is 2.34. The fourth-order valence-corrected chi connectivity index (χ4v) is 3.52. The number of rotatable bonds is 4. The molecule has 0 spiro atoms. The maximum absolute atomic E-state index is 11.3. The van der Waals surface area contributed by atoms with E-state index in [9.17, 15) is 10.1 Å². The van der Waals surface area contributed by atoms with E-state index >= 15 is 0 Å². The van der Waals surface area contributed by atoms with Crippen LogP contribution in [0.15, 0.2) is 11.6 Å². The number of aromatic nitrogens is 2. The Morgan fingerprint density at radius 2 is 2.25 bits per heavy atom. The van der Waals surface area contributed by atoms with Crippen molar-refractivity contribution >= 4 is 27.9 Å². The molecule has 0 saturated carbocycles. The van der Waals surface area contributed by atoms with Crippen LogP contribution in [0.3, 0.4) is 0 Å². The predicted molar refractivity (Wildman–Crippen MR) is 78.3 cm³/mol. The van der Waals surface area contributed by atoms with Gasteiger partial charge in [0.1, 0.15) is 6.20 Å². The van der Waals surface area contributed by atoms with Crippen molar-refractivity contribution < 1.29 is 4.92 Å². The summed E-state index contributed by atoms with van der Waals surface area (Å²) in [5.41, 5.74) is 5.59. The summed E-state index contributed by atoms with van der Waals surface area (Å²) in [6, 6.07) is 0. The minimum Gasteiger partial charge on any atom is -0.358 e. The van der Waals surface area contributed by atoms with Gasteiger partial charge >= 0.3 is 5.82 Å². The third-order valence-corrected chi connectivity index (χ3v) is 4.64. The van der Waals surface area contributed by atoms with Gasteiger partial charge in [0.25, 0.3) is 4.96 Å². The molecule has 108 valence electrons. The van der Waals surface area contributed by atoms with Crippen LogP contribution in [0, 0.1) is 16.0 Å². The maximum Gasteiger partial charge on any atom is 0.373 e. The first-order valence-corrected chi connectivity index (χ1v) is 7.63. The number of hydrogen-bond acceptors (Lipinski definition) is 6. The molecule has 0 aromatic carbocycles. The fourth-order valence-electron chi connectivity index (χ4n) is 2.81. The topological polar surface area (TPSA) is 89.7 Å². The van der Waals surface area contributed by atoms with Crippen LogP contribution in [0.4, 0.5) is 11.6 Å². The maximum atomic E-state index is 11.3. The minimum atomic E-state index is -0.339. The first kappa shape index (κ1) is 13.3. The number of nitrogens with two attached hydrogens (primary N) is 1. The smallest absolute Gasteiger partial charge is 0.358 e. The number of fused-ring (bicyclic) bond motifs is 1. The van der Waals surface area contributed by atoms with Crippen molar-refractivity contribution in [2.75, 3.05) is 24.5 Å². The van der Waals surface area contributed by atoms with Crippen molar-refractivity contribution in [2.24, 2.45) is 11.7 Å². The molecule has 7 nitrogen and oxygen atoms in total. The fraction of sp³-hybridized carbons (Fsp3) is 0.583. The molecule has 0 radical (unpaired) electrons. The Morgan fingerprint density at radius 3 is 2.90 bits per heavy atom. The van der Waals surface area contributed by atoms with Crippen LogP contribution in [0.25, 0.3) is 4.96 Å². The molecule has 0 amide bonds. The molecule has 1 aliphatic heterocycles. The quantitative estimate of drug-likeness (QED) is 0.687. The Morgan fingerprint density at radius 1 is 1.50 bits per heavy atom. The van der Waals surface area contributed by atoms with Crippen LogP contribution in [0.5, 0.6) is 0 Å². The molecule has 20 heavy (non-hydrogen) atoms. The molecule has 2 aromatic rings. The lowest BCUT2D eigenvalue weighted by Gasteiger charge is -2.31. The van der Waals surface area contributed by atoms with E-state index in [1.807, 2.05) is 10.3 Å². The van der Waals surface area contributed by atoms with E-state index in [0.29, 0.717) is 23.2 Å². The van der Waals surface area contributed by atoms with E-state index in [-0.39, 0.29) is 10.7 Å². The zero-order chi connectivity index (χ0) is 14.1. The Hall–Kier alpha value is -1.67. The normalized spacial score (nSPS) is 16.9. The molecule has 2 N–H and O–H groups in total. The summed E-state index contributed by atoms with van der Waals surface area (Å²) < 4.78 is 1.56. The number of imidazole rings is 1. The zero-order valence-electron chi connectivity index (χ0n) is 11.1. The van der Waals surface area contributed by atoms with E-state index in [1.54, 1.807) is 10.6 Å². The Labute approximate surface area is 120 Å². The van der Waals surface area contributed by atoms with Crippen molar-refractivity contribution in [3.05, 3.63) is 21.7 Å². The highest BCUT2D eigenvalue weighted by Crippen LogP contribution is 2.33. The van der Waals surface area contributed by atoms with Crippen LogP contribution in [0.2, 0.25) is 0 Å². The van der Waals surface area contributed by atoms with Gasteiger partial charge in [0.2, 0.25) is 5.82 Å². The number of hydrogen-bond donors (Lipinski definition) is 1. The van der Waals surface area contributed by atoms with Crippen molar-refractivity contribution in [3.8, 4) is 0 Å². The third kappa shape index (κ3) is 2.25. The van der Waals surface area contributed by atoms with Crippen molar-refractivity contribution in [2.45, 2.75) is 19.3 Å². The van der Waals surface area contributed by atoms with E-state index in [2.05, 4.69) is 4.98 Å². The average Bonchev–Trinajstić information content (AvgIpc) is 2.99. The Balaban J connectivity index is 1.85. The number of thiazole rings is 1. The molecule has 8 heteroatoms. The molecule has 0 atom stereocenters. The number of piperidine rings is 1. The van der Waals surface area contributed by atoms with Gasteiger partial charge in [-0.05, 0) is 36.6 Å². The van der Waals surface area contributed by atoms with Gasteiger partial charge in [-0.3, -0.25) is 0 Å². The molecular weight excluding hydrogens is 278 g/mol.